The minimum absolute atomic E-state index is 0.505. The van der Waals surface area contributed by atoms with Crippen LogP contribution in [-0.4, -0.2) is 54.3 Å². The first-order valence-electron chi connectivity index (χ1n) is 13.5. The number of rotatable bonds is 6. The van der Waals surface area contributed by atoms with E-state index in [4.69, 9.17) is 19.2 Å². The van der Waals surface area contributed by atoms with E-state index < -0.39 is 0 Å². The first-order chi connectivity index (χ1) is 18.1. The molecule has 2 unspecified atom stereocenters. The normalized spacial score (nSPS) is 19.4. The largest absolute Gasteiger partial charge is 0.492 e. The van der Waals surface area contributed by atoms with Gasteiger partial charge in [0, 0.05) is 29.6 Å². The van der Waals surface area contributed by atoms with E-state index in [2.05, 4.69) is 59.4 Å². The predicted molar refractivity (Wildman–Crippen MR) is 146 cm³/mol. The summed E-state index contributed by atoms with van der Waals surface area (Å²) in [5.74, 6) is 2.57. The fourth-order valence-electron chi connectivity index (χ4n) is 4.83. The summed E-state index contributed by atoms with van der Waals surface area (Å²) in [7, 11) is 0. The molecule has 1 N–H and O–H groups in total. The van der Waals surface area contributed by atoms with E-state index in [-0.39, 0.29) is 0 Å². The molecule has 3 aromatic rings. The molecule has 1 saturated carbocycles. The number of ether oxygens (including phenoxy) is 3. The van der Waals surface area contributed by atoms with Crippen LogP contribution < -0.4 is 10.1 Å². The van der Waals surface area contributed by atoms with Crippen LogP contribution in [0.3, 0.4) is 0 Å². The highest BCUT2D eigenvalue weighted by atomic mass is 16.5. The van der Waals surface area contributed by atoms with Gasteiger partial charge in [0.05, 0.1) is 32.1 Å². The summed E-state index contributed by atoms with van der Waals surface area (Å²) in [6, 6.07) is 14.6. The van der Waals surface area contributed by atoms with E-state index >= 15 is 0 Å². The van der Waals surface area contributed by atoms with Gasteiger partial charge in [0.15, 0.2) is 0 Å². The zero-order valence-electron chi connectivity index (χ0n) is 22.2. The molecule has 2 heterocycles. The highest BCUT2D eigenvalue weighted by Gasteiger charge is 2.37. The molecule has 7 nitrogen and oxygen atoms in total. The summed E-state index contributed by atoms with van der Waals surface area (Å²) in [4.78, 5) is 11.8. The lowest BCUT2D eigenvalue weighted by molar-refractivity contribution is 0.0829. The van der Waals surface area contributed by atoms with Crippen molar-refractivity contribution in [3.8, 4) is 17.0 Å². The van der Waals surface area contributed by atoms with E-state index in [1.165, 1.54) is 0 Å². The fraction of sp³-hybridized carbons (Fsp3) is 0.467. The Morgan fingerprint density at radius 3 is 2.65 bits per heavy atom. The van der Waals surface area contributed by atoms with Crippen LogP contribution in [0, 0.1) is 18.8 Å². The van der Waals surface area contributed by atoms with Gasteiger partial charge in [0.25, 0.3) is 0 Å². The second-order valence-corrected chi connectivity index (χ2v) is 10.0. The van der Waals surface area contributed by atoms with Gasteiger partial charge in [0.1, 0.15) is 12.4 Å². The molecule has 1 aliphatic heterocycles. The molecule has 7 heteroatoms. The maximum Gasteiger partial charge on any atom is 0.227 e. The zero-order valence-corrected chi connectivity index (χ0v) is 22.2. The third-order valence-corrected chi connectivity index (χ3v) is 7.31. The minimum Gasteiger partial charge on any atom is -0.492 e. The van der Waals surface area contributed by atoms with Gasteiger partial charge in [-0.05, 0) is 73.7 Å². The molecule has 1 fully saturated rings. The molecule has 0 saturated heterocycles. The van der Waals surface area contributed by atoms with Crippen molar-refractivity contribution >= 4 is 11.6 Å². The van der Waals surface area contributed by atoms with E-state index in [9.17, 15) is 0 Å². The molecular weight excluding hydrogens is 464 g/mol. The summed E-state index contributed by atoms with van der Waals surface area (Å²) in [6.07, 6.45) is 3.03. The molecule has 0 amide bonds. The van der Waals surface area contributed by atoms with E-state index in [0.29, 0.717) is 37.6 Å². The number of likely N-dealkylation sites (N-methyl/N-ethyl adjacent to an activating group) is 1. The number of nitrogens with one attached hydrogen (secondary N) is 1. The third kappa shape index (κ3) is 6.66. The lowest BCUT2D eigenvalue weighted by Crippen LogP contribution is -2.28. The second kappa shape index (κ2) is 12.0. The fourth-order valence-corrected chi connectivity index (χ4v) is 4.83. The number of nitrogens with zero attached hydrogens (tertiary/aromatic N) is 3. The molecule has 1 aromatic heterocycles. The second-order valence-electron chi connectivity index (χ2n) is 10.0. The van der Waals surface area contributed by atoms with Crippen LogP contribution >= 0.6 is 0 Å². The molecule has 5 rings (SSSR count). The Morgan fingerprint density at radius 2 is 1.84 bits per heavy atom. The minimum atomic E-state index is 0.505. The van der Waals surface area contributed by atoms with Gasteiger partial charge < -0.3 is 24.4 Å². The molecule has 37 heavy (non-hydrogen) atoms. The molecule has 1 aliphatic carbocycles. The van der Waals surface area contributed by atoms with Crippen LogP contribution in [0.25, 0.3) is 11.3 Å². The van der Waals surface area contributed by atoms with Crippen molar-refractivity contribution in [1.29, 1.82) is 0 Å². The number of benzene rings is 2. The molecule has 2 atom stereocenters. The van der Waals surface area contributed by atoms with E-state index in [0.717, 1.165) is 78.7 Å². The number of fused-ring (bicyclic) bond motifs is 8. The zero-order chi connectivity index (χ0) is 25.6. The lowest BCUT2D eigenvalue weighted by Gasteiger charge is -2.19. The van der Waals surface area contributed by atoms with Gasteiger partial charge in [-0.1, -0.05) is 32.0 Å². The third-order valence-electron chi connectivity index (χ3n) is 7.31. The molecule has 2 aromatic carbocycles. The number of anilines is 2. The summed E-state index contributed by atoms with van der Waals surface area (Å²) < 4.78 is 18.4. The SMILES string of the molecule is CCN(CC)CCOc1ccc2cc1COCC1CC1COCc1cccc(c1)-c1nc(ncc1C)N2. The van der Waals surface area contributed by atoms with Gasteiger partial charge in [-0.3, -0.25) is 0 Å². The summed E-state index contributed by atoms with van der Waals surface area (Å²) in [6.45, 7) is 12.6. The van der Waals surface area contributed by atoms with Crippen LogP contribution in [0.15, 0.2) is 48.7 Å². The van der Waals surface area contributed by atoms with Crippen LogP contribution in [-0.2, 0) is 22.7 Å². The monoisotopic (exact) mass is 502 g/mol. The molecule has 0 spiro atoms. The number of aryl methyl sites for hydroxylation is 1. The smallest absolute Gasteiger partial charge is 0.227 e. The van der Waals surface area contributed by atoms with Crippen molar-refractivity contribution in [2.24, 2.45) is 11.8 Å². The lowest BCUT2D eigenvalue weighted by atomic mass is 10.1. The van der Waals surface area contributed by atoms with Gasteiger partial charge in [-0.2, -0.15) is 0 Å². The number of hydrogen-bond donors (Lipinski definition) is 1. The van der Waals surface area contributed by atoms with Crippen molar-refractivity contribution in [3.63, 3.8) is 0 Å². The Hall–Kier alpha value is -3.00. The summed E-state index contributed by atoms with van der Waals surface area (Å²) >= 11 is 0. The molecular formula is C30H38N4O3. The maximum absolute atomic E-state index is 6.21. The maximum atomic E-state index is 6.21. The molecule has 6 bridgehead atoms. The molecule has 0 radical (unpaired) electrons. The van der Waals surface area contributed by atoms with Crippen molar-refractivity contribution in [2.45, 2.75) is 40.4 Å². The Kier molecular flexibility index (Phi) is 8.34. The summed E-state index contributed by atoms with van der Waals surface area (Å²) in [5, 5.41) is 3.39. The first-order valence-corrected chi connectivity index (χ1v) is 13.5. The van der Waals surface area contributed by atoms with Gasteiger partial charge in [-0.25, -0.2) is 9.97 Å². The summed E-state index contributed by atoms with van der Waals surface area (Å²) in [5.41, 5.74) is 6.12. The highest BCUT2D eigenvalue weighted by molar-refractivity contribution is 5.66. The molecule has 196 valence electrons. The van der Waals surface area contributed by atoms with Gasteiger partial charge in [0.2, 0.25) is 5.95 Å². The first kappa shape index (κ1) is 25.6. The van der Waals surface area contributed by atoms with Crippen molar-refractivity contribution in [1.82, 2.24) is 14.9 Å². The number of hydrogen-bond acceptors (Lipinski definition) is 7. The van der Waals surface area contributed by atoms with Crippen molar-refractivity contribution in [3.05, 3.63) is 65.4 Å². The Labute approximate surface area is 220 Å². The highest BCUT2D eigenvalue weighted by Crippen LogP contribution is 2.39. The van der Waals surface area contributed by atoms with Crippen molar-refractivity contribution < 1.29 is 14.2 Å². The molecule has 2 aliphatic rings. The van der Waals surface area contributed by atoms with Gasteiger partial charge >= 0.3 is 0 Å². The Bertz CT molecular complexity index is 1200. The van der Waals surface area contributed by atoms with E-state index in [1.807, 2.05) is 25.3 Å². The Balaban J connectivity index is 1.40. The standard InChI is InChI=1S/C30H38N4O3/c1-4-34(5-2)11-12-37-28-10-9-27-15-26(28)20-36-19-25-14-24(25)18-35-17-22-7-6-8-23(13-22)29-21(3)16-31-30(32-27)33-29/h6-10,13,15-16,24-25H,4-5,11-12,14,17-20H2,1-3H3,(H,31,32,33). The van der Waals surface area contributed by atoms with Crippen LogP contribution in [0.4, 0.5) is 11.6 Å². The van der Waals surface area contributed by atoms with E-state index in [1.54, 1.807) is 0 Å². The van der Waals surface area contributed by atoms with Crippen LogP contribution in [0.1, 0.15) is 37.0 Å². The quantitative estimate of drug-likeness (QED) is 0.471. The average molecular weight is 503 g/mol. The van der Waals surface area contributed by atoms with Crippen LogP contribution in [0.2, 0.25) is 0 Å². The Morgan fingerprint density at radius 1 is 1.03 bits per heavy atom. The topological polar surface area (TPSA) is 68.7 Å². The van der Waals surface area contributed by atoms with Crippen LogP contribution in [0.5, 0.6) is 5.75 Å². The predicted octanol–water partition coefficient (Wildman–Crippen LogP) is 5.60. The van der Waals surface area contributed by atoms with Crippen molar-refractivity contribution in [2.75, 3.05) is 44.8 Å². The van der Waals surface area contributed by atoms with Gasteiger partial charge in [-0.15, -0.1) is 0 Å². The number of aromatic nitrogens is 2. The average Bonchev–Trinajstić information content (AvgIpc) is 3.66.